The smallest absolute Gasteiger partial charge is 0.244 e. The Labute approximate surface area is 233 Å². The van der Waals surface area contributed by atoms with Crippen molar-refractivity contribution in [2.24, 2.45) is 0 Å². The van der Waals surface area contributed by atoms with Crippen LogP contribution in [0, 0.1) is 6.92 Å². The third-order valence-corrected chi connectivity index (χ3v) is 11.0. The van der Waals surface area contributed by atoms with Crippen molar-refractivity contribution in [3.8, 4) is 5.75 Å². The van der Waals surface area contributed by atoms with Gasteiger partial charge in [-0.15, -0.1) is 0 Å². The number of hydrogen-bond acceptors (Lipinski definition) is 10. The summed E-state index contributed by atoms with van der Waals surface area (Å²) >= 11 is 0. The van der Waals surface area contributed by atoms with E-state index in [-0.39, 0.29) is 29.0 Å². The van der Waals surface area contributed by atoms with Crippen LogP contribution in [0.1, 0.15) is 24.8 Å². The Balaban J connectivity index is 1.10. The fourth-order valence-electron chi connectivity index (χ4n) is 5.26. The van der Waals surface area contributed by atoms with Crippen molar-refractivity contribution in [1.29, 1.82) is 0 Å². The Bertz CT molecular complexity index is 1570. The van der Waals surface area contributed by atoms with Crippen molar-refractivity contribution in [2.45, 2.75) is 53.7 Å². The molecule has 0 bridgehead atoms. The van der Waals surface area contributed by atoms with Gasteiger partial charge in [0.1, 0.15) is 28.9 Å². The van der Waals surface area contributed by atoms with Crippen molar-refractivity contribution in [2.75, 3.05) is 39.9 Å². The number of benzene rings is 1. The van der Waals surface area contributed by atoms with E-state index in [0.717, 1.165) is 0 Å². The van der Waals surface area contributed by atoms with E-state index in [1.165, 1.54) is 36.0 Å². The molecule has 218 valence electrons. The Morgan fingerprint density at radius 3 is 2.77 bits per heavy atom. The molecule has 2 fully saturated rings. The van der Waals surface area contributed by atoms with Crippen LogP contribution in [0.3, 0.4) is 0 Å². The Morgan fingerprint density at radius 1 is 1.25 bits per heavy atom. The van der Waals surface area contributed by atoms with Gasteiger partial charge < -0.3 is 24.9 Å². The summed E-state index contributed by atoms with van der Waals surface area (Å²) in [5, 5.41) is 13.7. The van der Waals surface area contributed by atoms with Crippen LogP contribution in [0.4, 0.5) is 0 Å². The van der Waals surface area contributed by atoms with Crippen LogP contribution in [-0.4, -0.2) is 98.8 Å². The maximum atomic E-state index is 13.4. The van der Waals surface area contributed by atoms with Gasteiger partial charge in [0.25, 0.3) is 0 Å². The van der Waals surface area contributed by atoms with Crippen LogP contribution < -0.4 is 14.8 Å². The van der Waals surface area contributed by atoms with Crippen LogP contribution in [0.25, 0.3) is 11.2 Å². The fourth-order valence-corrected chi connectivity index (χ4v) is 7.63. The van der Waals surface area contributed by atoms with E-state index in [2.05, 4.69) is 25.0 Å². The maximum absolute atomic E-state index is 13.4. The Hall–Kier alpha value is -2.66. The van der Waals surface area contributed by atoms with E-state index in [9.17, 15) is 21.9 Å². The number of aryl methyl sites for hydroxylation is 1. The summed E-state index contributed by atoms with van der Waals surface area (Å²) in [6.07, 6.45) is 3.91. The molecule has 2 aliphatic rings. The SMILES string of the molecule is CNS(=O)(=O)c1cccc(OCC(O)CNC2COC3(CCN(S(=O)(=O)c4cnc5[nH]cnc5c4C)CC3)C2)c1. The molecule has 2 aromatic heterocycles. The molecule has 0 aliphatic carbocycles. The standard InChI is InChI=1S/C25H34N6O7S2/c1-17-22(13-28-24-23(17)29-16-30-24)40(35,36)31-8-6-25(7-9-31)11-18(14-38-25)27-12-19(32)15-37-20-4-3-5-21(10-20)39(33,34)26-2/h3-5,10,13,16,18-19,26-27,32H,6-9,11-12,14-15H2,1-2H3,(H,28,29,30). The largest absolute Gasteiger partial charge is 0.491 e. The lowest BCUT2D eigenvalue weighted by atomic mass is 9.88. The van der Waals surface area contributed by atoms with Crippen molar-refractivity contribution in [1.82, 2.24) is 29.3 Å². The van der Waals surface area contributed by atoms with Crippen LogP contribution >= 0.6 is 0 Å². The highest BCUT2D eigenvalue weighted by atomic mass is 32.2. The number of fused-ring (bicyclic) bond motifs is 1. The van der Waals surface area contributed by atoms with Crippen molar-refractivity contribution in [3.63, 3.8) is 0 Å². The monoisotopic (exact) mass is 594 g/mol. The van der Waals surface area contributed by atoms with Crippen LogP contribution in [0.5, 0.6) is 5.75 Å². The van der Waals surface area contributed by atoms with Gasteiger partial charge in [-0.2, -0.15) is 4.31 Å². The highest BCUT2D eigenvalue weighted by Gasteiger charge is 2.45. The third-order valence-electron chi connectivity index (χ3n) is 7.58. The number of sulfonamides is 2. The number of rotatable bonds is 10. The first-order valence-corrected chi connectivity index (χ1v) is 16.0. The lowest BCUT2D eigenvalue weighted by molar-refractivity contribution is -0.0312. The molecule has 2 unspecified atom stereocenters. The van der Waals surface area contributed by atoms with E-state index < -0.39 is 31.8 Å². The maximum Gasteiger partial charge on any atom is 0.244 e. The predicted molar refractivity (Wildman–Crippen MR) is 146 cm³/mol. The third kappa shape index (κ3) is 5.86. The second kappa shape index (κ2) is 11.3. The molecule has 13 nitrogen and oxygen atoms in total. The molecule has 4 heterocycles. The molecule has 3 aromatic rings. The zero-order chi connectivity index (χ0) is 28.5. The van der Waals surface area contributed by atoms with Gasteiger partial charge in [0, 0.05) is 43.5 Å². The number of nitrogens with one attached hydrogen (secondary N) is 3. The number of aromatic nitrogens is 3. The molecular formula is C25H34N6O7S2. The molecule has 1 aromatic carbocycles. The van der Waals surface area contributed by atoms with Crippen LogP contribution in [0.2, 0.25) is 0 Å². The molecular weight excluding hydrogens is 560 g/mol. The molecule has 4 N–H and O–H groups in total. The summed E-state index contributed by atoms with van der Waals surface area (Å²) in [5.41, 5.74) is 1.26. The van der Waals surface area contributed by atoms with Gasteiger partial charge in [-0.1, -0.05) is 6.07 Å². The van der Waals surface area contributed by atoms with Gasteiger partial charge in [-0.05, 0) is 45.4 Å². The average molecular weight is 595 g/mol. The molecule has 2 saturated heterocycles. The number of aromatic amines is 1. The number of hydrogen-bond donors (Lipinski definition) is 4. The molecule has 2 aliphatic heterocycles. The minimum Gasteiger partial charge on any atom is -0.491 e. The fraction of sp³-hybridized carbons (Fsp3) is 0.520. The van der Waals surface area contributed by atoms with Crippen LogP contribution in [0.15, 0.2) is 46.6 Å². The summed E-state index contributed by atoms with van der Waals surface area (Å²) < 4.78 is 66.2. The normalized spacial score (nSPS) is 20.7. The molecule has 1 spiro atoms. The second-order valence-electron chi connectivity index (χ2n) is 10.2. The number of imidazole rings is 1. The van der Waals surface area contributed by atoms with Gasteiger partial charge in [-0.25, -0.2) is 31.5 Å². The number of H-pyrrole nitrogens is 1. The summed E-state index contributed by atoms with van der Waals surface area (Å²) in [7, 11) is -5.98. The van der Waals surface area contributed by atoms with Gasteiger partial charge in [0.15, 0.2) is 5.65 Å². The zero-order valence-corrected chi connectivity index (χ0v) is 24.0. The lowest BCUT2D eigenvalue weighted by Crippen LogP contribution is -2.47. The molecule has 0 radical (unpaired) electrons. The summed E-state index contributed by atoms with van der Waals surface area (Å²) in [4.78, 5) is 11.6. The van der Waals surface area contributed by atoms with E-state index >= 15 is 0 Å². The highest BCUT2D eigenvalue weighted by Crippen LogP contribution is 2.38. The number of aliphatic hydroxyl groups is 1. The minimum atomic E-state index is -3.72. The Kier molecular flexibility index (Phi) is 8.16. The predicted octanol–water partition coefficient (Wildman–Crippen LogP) is 0.516. The number of ether oxygens (including phenoxy) is 2. The van der Waals surface area contributed by atoms with Crippen molar-refractivity contribution in [3.05, 3.63) is 42.4 Å². The van der Waals surface area contributed by atoms with Gasteiger partial charge in [-0.3, -0.25) is 0 Å². The molecule has 0 amide bonds. The summed E-state index contributed by atoms with van der Waals surface area (Å²) in [6, 6.07) is 6.08. The van der Waals surface area contributed by atoms with E-state index in [4.69, 9.17) is 9.47 Å². The van der Waals surface area contributed by atoms with Gasteiger partial charge >= 0.3 is 0 Å². The zero-order valence-electron chi connectivity index (χ0n) is 22.3. The quantitative estimate of drug-likeness (QED) is 0.259. The first-order chi connectivity index (χ1) is 19.0. The lowest BCUT2D eigenvalue weighted by Gasteiger charge is -2.38. The van der Waals surface area contributed by atoms with Gasteiger partial charge in [0.2, 0.25) is 20.0 Å². The first-order valence-electron chi connectivity index (χ1n) is 13.0. The van der Waals surface area contributed by atoms with E-state index in [1.54, 1.807) is 19.1 Å². The van der Waals surface area contributed by atoms with Crippen LogP contribution in [-0.2, 0) is 24.8 Å². The molecule has 40 heavy (non-hydrogen) atoms. The molecule has 0 saturated carbocycles. The number of nitrogens with zero attached hydrogens (tertiary/aromatic N) is 3. The summed E-state index contributed by atoms with van der Waals surface area (Å²) in [5.74, 6) is 0.343. The van der Waals surface area contributed by atoms with Crippen molar-refractivity contribution >= 4 is 31.2 Å². The number of aliphatic hydroxyl groups excluding tert-OH is 1. The van der Waals surface area contributed by atoms with Crippen molar-refractivity contribution < 1.29 is 31.4 Å². The highest BCUT2D eigenvalue weighted by molar-refractivity contribution is 7.89. The molecule has 15 heteroatoms. The molecule has 2 atom stereocenters. The number of piperidine rings is 1. The number of pyridine rings is 1. The average Bonchev–Trinajstić information content (AvgIpc) is 3.59. The Morgan fingerprint density at radius 2 is 2.02 bits per heavy atom. The first kappa shape index (κ1) is 28.9. The molecule has 5 rings (SSSR count). The van der Waals surface area contributed by atoms with E-state index in [0.29, 0.717) is 61.4 Å². The second-order valence-corrected chi connectivity index (χ2v) is 14.0. The topological polar surface area (TPSA) is 176 Å². The minimum absolute atomic E-state index is 0.00965. The van der Waals surface area contributed by atoms with E-state index in [1.807, 2.05) is 0 Å². The summed E-state index contributed by atoms with van der Waals surface area (Å²) in [6.45, 7) is 3.13. The van der Waals surface area contributed by atoms with Gasteiger partial charge in [0.05, 0.1) is 23.4 Å².